The lowest BCUT2D eigenvalue weighted by Crippen LogP contribution is -2.47. The van der Waals surface area contributed by atoms with Crippen LogP contribution in [0.1, 0.15) is 36.5 Å². The molecule has 2 amide bonds. The standard InChI is InChI=1S/C32H36N6O3/c1-2-13-38(41-21-22-6-10-28(33)11-7-22)32(40)27-16-26-9-8-25(17-29(26)36-30(34)18-27)24-5-3-4-23(15-24)19-37-14-12-35-31(39)20-37/h3-11,15-17H,2,12-14,18-21,33H2,1H3,(H2,34,36)(H,35,39). The van der Waals surface area contributed by atoms with E-state index in [1.54, 1.807) is 0 Å². The van der Waals surface area contributed by atoms with Gasteiger partial charge < -0.3 is 16.8 Å². The fraction of sp³-hybridized carbons (Fsp3) is 0.281. The largest absolute Gasteiger partial charge is 0.399 e. The molecular weight excluding hydrogens is 516 g/mol. The lowest BCUT2D eigenvalue weighted by atomic mass is 9.99. The van der Waals surface area contributed by atoms with E-state index in [2.05, 4.69) is 33.4 Å². The van der Waals surface area contributed by atoms with E-state index >= 15 is 0 Å². The van der Waals surface area contributed by atoms with Gasteiger partial charge in [-0.1, -0.05) is 49.4 Å². The zero-order valence-corrected chi connectivity index (χ0v) is 23.3. The van der Waals surface area contributed by atoms with Gasteiger partial charge in [-0.25, -0.2) is 10.1 Å². The molecule has 0 aromatic heterocycles. The van der Waals surface area contributed by atoms with Crippen LogP contribution in [0.25, 0.3) is 17.2 Å². The molecule has 0 saturated carbocycles. The summed E-state index contributed by atoms with van der Waals surface area (Å²) >= 11 is 0. The molecule has 0 radical (unpaired) electrons. The number of carbonyl (C=O) groups excluding carboxylic acids is 2. The Morgan fingerprint density at radius 3 is 2.63 bits per heavy atom. The third-order valence-corrected chi connectivity index (χ3v) is 7.07. The molecular formula is C32H36N6O3. The van der Waals surface area contributed by atoms with Crippen LogP contribution in [0.3, 0.4) is 0 Å². The fourth-order valence-corrected chi connectivity index (χ4v) is 5.00. The van der Waals surface area contributed by atoms with Crippen LogP contribution in [-0.2, 0) is 27.6 Å². The maximum absolute atomic E-state index is 13.6. The van der Waals surface area contributed by atoms with Gasteiger partial charge in [-0.2, -0.15) is 0 Å². The van der Waals surface area contributed by atoms with Crippen molar-refractivity contribution in [1.82, 2.24) is 15.3 Å². The molecule has 0 aliphatic carbocycles. The second-order valence-electron chi connectivity index (χ2n) is 10.4. The first-order valence-electron chi connectivity index (χ1n) is 13.9. The molecule has 5 N–H and O–H groups in total. The Bertz CT molecular complexity index is 1480. The van der Waals surface area contributed by atoms with Crippen molar-refractivity contribution in [2.45, 2.75) is 32.9 Å². The van der Waals surface area contributed by atoms with Crippen LogP contribution in [0.15, 0.2) is 77.3 Å². The highest BCUT2D eigenvalue weighted by molar-refractivity contribution is 6.05. The molecule has 0 atom stereocenters. The van der Waals surface area contributed by atoms with Crippen LogP contribution in [0.2, 0.25) is 0 Å². The topological polar surface area (TPSA) is 126 Å². The molecule has 9 heteroatoms. The van der Waals surface area contributed by atoms with Crippen molar-refractivity contribution in [2.24, 2.45) is 10.7 Å². The number of hydrogen-bond acceptors (Lipinski definition) is 7. The molecule has 212 valence electrons. The number of amides is 2. The van der Waals surface area contributed by atoms with Gasteiger partial charge in [0, 0.05) is 49.4 Å². The molecule has 3 aromatic carbocycles. The smallest absolute Gasteiger partial charge is 0.273 e. The summed E-state index contributed by atoms with van der Waals surface area (Å²) in [6.07, 6.45) is 2.83. The van der Waals surface area contributed by atoms with Crippen molar-refractivity contribution in [1.29, 1.82) is 0 Å². The molecule has 2 aliphatic heterocycles. The van der Waals surface area contributed by atoms with Gasteiger partial charge in [0.1, 0.15) is 12.4 Å². The van der Waals surface area contributed by atoms with Gasteiger partial charge in [-0.3, -0.25) is 19.3 Å². The zero-order chi connectivity index (χ0) is 28.8. The summed E-state index contributed by atoms with van der Waals surface area (Å²) in [5.74, 6) is 0.203. The summed E-state index contributed by atoms with van der Waals surface area (Å²) in [6.45, 7) is 5.33. The van der Waals surface area contributed by atoms with Crippen LogP contribution in [0.5, 0.6) is 0 Å². The maximum Gasteiger partial charge on any atom is 0.273 e. The Balaban J connectivity index is 1.34. The third kappa shape index (κ3) is 7.19. The molecule has 0 bridgehead atoms. The summed E-state index contributed by atoms with van der Waals surface area (Å²) in [4.78, 5) is 38.1. The summed E-state index contributed by atoms with van der Waals surface area (Å²) in [5, 5.41) is 4.28. The minimum absolute atomic E-state index is 0.0608. The molecule has 1 saturated heterocycles. The number of rotatable bonds is 9. The van der Waals surface area contributed by atoms with Crippen molar-refractivity contribution in [3.05, 3.63) is 89.0 Å². The summed E-state index contributed by atoms with van der Waals surface area (Å²) < 4.78 is 0. The van der Waals surface area contributed by atoms with Gasteiger partial charge in [-0.15, -0.1) is 0 Å². The molecule has 3 aromatic rings. The van der Waals surface area contributed by atoms with Crippen molar-refractivity contribution in [3.8, 4) is 11.1 Å². The first-order chi connectivity index (χ1) is 19.9. The second kappa shape index (κ2) is 12.8. The normalized spacial score (nSPS) is 15.3. The highest BCUT2D eigenvalue weighted by Gasteiger charge is 2.23. The van der Waals surface area contributed by atoms with E-state index in [1.165, 1.54) is 5.06 Å². The number of aliphatic imine (C=N–C) groups is 1. The average molecular weight is 553 g/mol. The predicted molar refractivity (Wildman–Crippen MR) is 162 cm³/mol. The number of amidine groups is 1. The number of fused-ring (bicyclic) bond motifs is 1. The number of hydroxylamine groups is 2. The van der Waals surface area contributed by atoms with Crippen LogP contribution in [-0.4, -0.2) is 53.8 Å². The molecule has 9 nitrogen and oxygen atoms in total. The molecule has 0 unspecified atom stereocenters. The van der Waals surface area contributed by atoms with Crippen molar-refractivity contribution < 1.29 is 14.4 Å². The Kier molecular flexibility index (Phi) is 8.76. The van der Waals surface area contributed by atoms with E-state index in [1.807, 2.05) is 61.5 Å². The quantitative estimate of drug-likeness (QED) is 0.272. The Morgan fingerprint density at radius 1 is 1.05 bits per heavy atom. The van der Waals surface area contributed by atoms with Crippen LogP contribution < -0.4 is 16.8 Å². The molecule has 0 spiro atoms. The fourth-order valence-electron chi connectivity index (χ4n) is 5.00. The number of nitrogens with two attached hydrogens (primary N) is 2. The van der Waals surface area contributed by atoms with E-state index in [0.29, 0.717) is 49.0 Å². The predicted octanol–water partition coefficient (Wildman–Crippen LogP) is 4.01. The number of nitrogen functional groups attached to an aromatic ring is 1. The zero-order valence-electron chi connectivity index (χ0n) is 23.3. The number of nitrogens with zero attached hydrogens (tertiary/aromatic N) is 3. The van der Waals surface area contributed by atoms with Gasteiger partial charge in [0.15, 0.2) is 0 Å². The molecule has 2 aliphatic rings. The van der Waals surface area contributed by atoms with Crippen LogP contribution >= 0.6 is 0 Å². The Morgan fingerprint density at radius 2 is 1.85 bits per heavy atom. The van der Waals surface area contributed by atoms with Gasteiger partial charge in [0.25, 0.3) is 5.91 Å². The molecule has 2 heterocycles. The van der Waals surface area contributed by atoms with Gasteiger partial charge >= 0.3 is 0 Å². The van der Waals surface area contributed by atoms with Crippen LogP contribution in [0, 0.1) is 0 Å². The highest BCUT2D eigenvalue weighted by Crippen LogP contribution is 2.32. The minimum atomic E-state index is -0.225. The van der Waals surface area contributed by atoms with E-state index in [9.17, 15) is 9.59 Å². The van der Waals surface area contributed by atoms with Gasteiger partial charge in [0.2, 0.25) is 5.91 Å². The summed E-state index contributed by atoms with van der Waals surface area (Å²) in [6, 6.07) is 21.7. The number of hydrogen-bond donors (Lipinski definition) is 3. The number of anilines is 1. The molecule has 1 fully saturated rings. The maximum atomic E-state index is 13.6. The Hall–Kier alpha value is -4.47. The summed E-state index contributed by atoms with van der Waals surface area (Å²) in [7, 11) is 0. The molecule has 41 heavy (non-hydrogen) atoms. The Labute approximate surface area is 240 Å². The number of benzene rings is 3. The minimum Gasteiger partial charge on any atom is -0.399 e. The van der Waals surface area contributed by atoms with E-state index in [0.717, 1.165) is 40.8 Å². The number of piperazine rings is 1. The average Bonchev–Trinajstić information content (AvgIpc) is 3.13. The lowest BCUT2D eigenvalue weighted by Gasteiger charge is -2.26. The van der Waals surface area contributed by atoms with Crippen molar-refractivity contribution in [2.75, 3.05) is 31.9 Å². The van der Waals surface area contributed by atoms with Gasteiger partial charge in [-0.05, 0) is 59.0 Å². The number of nitrogens with one attached hydrogen (secondary N) is 1. The van der Waals surface area contributed by atoms with Crippen molar-refractivity contribution in [3.63, 3.8) is 0 Å². The first-order valence-corrected chi connectivity index (χ1v) is 13.9. The van der Waals surface area contributed by atoms with Crippen LogP contribution in [0.4, 0.5) is 11.4 Å². The molecule has 5 rings (SSSR count). The lowest BCUT2D eigenvalue weighted by molar-refractivity contribution is -0.187. The van der Waals surface area contributed by atoms with E-state index in [-0.39, 0.29) is 24.8 Å². The second-order valence-corrected chi connectivity index (χ2v) is 10.4. The number of carbonyl (C=O) groups is 2. The SMILES string of the molecule is CCCN(OCc1ccc(N)cc1)C(=O)C1=Cc2ccc(-c3cccc(CN4CCNC(=O)C4)c3)cc2N=C(N)C1. The van der Waals surface area contributed by atoms with E-state index < -0.39 is 0 Å². The van der Waals surface area contributed by atoms with E-state index in [4.69, 9.17) is 16.3 Å². The van der Waals surface area contributed by atoms with Gasteiger partial charge in [0.05, 0.1) is 12.2 Å². The summed E-state index contributed by atoms with van der Waals surface area (Å²) in [5.41, 5.74) is 18.9. The monoisotopic (exact) mass is 552 g/mol. The third-order valence-electron chi connectivity index (χ3n) is 7.07. The van der Waals surface area contributed by atoms with Crippen molar-refractivity contribution >= 4 is 35.1 Å². The first kappa shape index (κ1) is 28.1. The highest BCUT2D eigenvalue weighted by atomic mass is 16.7.